The lowest BCUT2D eigenvalue weighted by atomic mass is 10.1. The normalized spacial score (nSPS) is 11.2. The fourth-order valence-corrected chi connectivity index (χ4v) is 2.11. The van der Waals surface area contributed by atoms with Gasteiger partial charge in [0, 0.05) is 0 Å². The molecule has 0 aliphatic heterocycles. The lowest BCUT2D eigenvalue weighted by Gasteiger charge is -2.00. The number of esters is 1. The highest BCUT2D eigenvalue weighted by atomic mass is 17.2. The first-order valence-corrected chi connectivity index (χ1v) is 7.95. The van der Waals surface area contributed by atoms with Crippen molar-refractivity contribution in [2.24, 2.45) is 0 Å². The van der Waals surface area contributed by atoms with Crippen molar-refractivity contribution < 1.29 is 24.1 Å². The molecule has 0 bridgehead atoms. The smallest absolute Gasteiger partial charge is 0.337 e. The third-order valence-corrected chi connectivity index (χ3v) is 3.54. The molecule has 0 aliphatic carbocycles. The van der Waals surface area contributed by atoms with Gasteiger partial charge < -0.3 is 4.74 Å². The Bertz CT molecular complexity index is 786. The van der Waals surface area contributed by atoms with Gasteiger partial charge >= 0.3 is 5.97 Å². The molecule has 2 aromatic carbocycles. The Morgan fingerprint density at radius 1 is 0.846 bits per heavy atom. The summed E-state index contributed by atoms with van der Waals surface area (Å²) in [6.45, 7) is 0.372. The Hall–Kier alpha value is -3.02. The van der Waals surface area contributed by atoms with Gasteiger partial charge in [0.05, 0.1) is 19.8 Å². The van der Waals surface area contributed by atoms with Crippen LogP contribution >= 0.6 is 0 Å². The minimum absolute atomic E-state index is 0.131. The summed E-state index contributed by atoms with van der Waals surface area (Å²) in [6.07, 6.45) is 6.41. The molecule has 26 heavy (non-hydrogen) atoms. The molecule has 0 spiro atoms. The van der Waals surface area contributed by atoms with Gasteiger partial charge in [-0.15, -0.1) is 0 Å². The first kappa shape index (κ1) is 19.3. The summed E-state index contributed by atoms with van der Waals surface area (Å²) >= 11 is 0. The molecule has 0 fully saturated rings. The van der Waals surface area contributed by atoms with E-state index in [1.807, 2.05) is 24.3 Å². The van der Waals surface area contributed by atoms with E-state index in [-0.39, 0.29) is 11.8 Å². The monoisotopic (exact) mass is 352 g/mol. The van der Waals surface area contributed by atoms with Gasteiger partial charge in [-0.3, -0.25) is 4.79 Å². The second kappa shape index (κ2) is 10.1. The van der Waals surface area contributed by atoms with Crippen molar-refractivity contribution in [1.29, 1.82) is 0 Å². The molecule has 0 unspecified atom stereocenters. The maximum atomic E-state index is 11.9. The van der Waals surface area contributed by atoms with Gasteiger partial charge in [-0.1, -0.05) is 48.6 Å². The van der Waals surface area contributed by atoms with E-state index in [0.717, 1.165) is 16.7 Å². The Morgan fingerprint density at radius 2 is 1.38 bits per heavy atom. The number of ketones is 1. The second-order valence-corrected chi connectivity index (χ2v) is 5.35. The van der Waals surface area contributed by atoms with Crippen LogP contribution in [0.15, 0.2) is 60.7 Å². The molecule has 0 N–H and O–H groups in total. The van der Waals surface area contributed by atoms with Crippen molar-refractivity contribution in [3.8, 4) is 0 Å². The van der Waals surface area contributed by atoms with E-state index in [4.69, 9.17) is 4.89 Å². The molecule has 0 heterocycles. The van der Waals surface area contributed by atoms with Gasteiger partial charge in [0.2, 0.25) is 0 Å². The summed E-state index contributed by atoms with van der Waals surface area (Å²) < 4.78 is 4.64. The van der Waals surface area contributed by atoms with Crippen LogP contribution in [-0.2, 0) is 25.9 Å². The zero-order valence-corrected chi connectivity index (χ0v) is 14.7. The number of allylic oxidation sites excluding steroid dienone is 2. The summed E-state index contributed by atoms with van der Waals surface area (Å²) in [5.41, 5.74) is 3.18. The van der Waals surface area contributed by atoms with Gasteiger partial charge in [0.25, 0.3) is 0 Å². The van der Waals surface area contributed by atoms with Crippen LogP contribution < -0.4 is 0 Å². The molecule has 2 rings (SSSR count). The van der Waals surface area contributed by atoms with Crippen molar-refractivity contribution in [3.05, 3.63) is 82.9 Å². The number of rotatable bonds is 8. The van der Waals surface area contributed by atoms with E-state index in [9.17, 15) is 9.59 Å². The largest absolute Gasteiger partial charge is 0.465 e. The van der Waals surface area contributed by atoms with Gasteiger partial charge in [-0.25, -0.2) is 14.6 Å². The molecule has 0 amide bonds. The highest BCUT2D eigenvalue weighted by Gasteiger charge is 2.03. The molecule has 0 atom stereocenters. The lowest BCUT2D eigenvalue weighted by Crippen LogP contribution is -2.00. The van der Waals surface area contributed by atoms with E-state index in [2.05, 4.69) is 9.62 Å². The van der Waals surface area contributed by atoms with Crippen molar-refractivity contribution in [1.82, 2.24) is 0 Å². The fraction of sp³-hybridized carbons (Fsp3) is 0.143. The van der Waals surface area contributed by atoms with Gasteiger partial charge in [-0.2, -0.15) is 0 Å². The van der Waals surface area contributed by atoms with Crippen LogP contribution in [0.1, 0.15) is 27.0 Å². The van der Waals surface area contributed by atoms with Gasteiger partial charge in [0.15, 0.2) is 5.78 Å². The lowest BCUT2D eigenvalue weighted by molar-refractivity contribution is -0.282. The predicted molar refractivity (Wildman–Crippen MR) is 99.1 cm³/mol. The molecule has 5 heteroatoms. The summed E-state index contributed by atoms with van der Waals surface area (Å²) in [5.74, 6) is -0.520. The molecule has 0 radical (unpaired) electrons. The zero-order valence-electron chi connectivity index (χ0n) is 14.7. The summed E-state index contributed by atoms with van der Waals surface area (Å²) in [6, 6.07) is 14.4. The maximum absolute atomic E-state index is 11.9. The Balaban J connectivity index is 1.91. The van der Waals surface area contributed by atoms with Crippen molar-refractivity contribution in [3.63, 3.8) is 0 Å². The van der Waals surface area contributed by atoms with E-state index >= 15 is 0 Å². The molecular formula is C21H20O5. The topological polar surface area (TPSA) is 61.8 Å². The fourth-order valence-electron chi connectivity index (χ4n) is 2.11. The number of hydrogen-bond donors (Lipinski definition) is 0. The molecule has 0 saturated carbocycles. The van der Waals surface area contributed by atoms with Crippen LogP contribution in [0.3, 0.4) is 0 Å². The van der Waals surface area contributed by atoms with Crippen molar-refractivity contribution in [2.75, 3.05) is 14.2 Å². The molecule has 5 nitrogen and oxygen atoms in total. The average Bonchev–Trinajstić information content (AvgIpc) is 2.69. The number of methoxy groups -OCH3 is 1. The van der Waals surface area contributed by atoms with Crippen LogP contribution in [0.5, 0.6) is 0 Å². The van der Waals surface area contributed by atoms with Crippen molar-refractivity contribution in [2.45, 2.75) is 6.61 Å². The number of hydrogen-bond acceptors (Lipinski definition) is 5. The van der Waals surface area contributed by atoms with Gasteiger partial charge in [-0.05, 0) is 41.0 Å². The highest BCUT2D eigenvalue weighted by molar-refractivity contribution is 6.04. The first-order valence-electron chi connectivity index (χ1n) is 7.95. The minimum atomic E-state index is -0.389. The van der Waals surface area contributed by atoms with E-state index in [1.54, 1.807) is 36.4 Å². The van der Waals surface area contributed by atoms with Crippen LogP contribution in [0.2, 0.25) is 0 Å². The Labute approximate surface area is 152 Å². The Morgan fingerprint density at radius 3 is 1.88 bits per heavy atom. The number of ether oxygens (including phenoxy) is 1. The van der Waals surface area contributed by atoms with E-state index in [0.29, 0.717) is 12.2 Å². The van der Waals surface area contributed by atoms with Crippen LogP contribution in [0.4, 0.5) is 0 Å². The first-order chi connectivity index (χ1) is 12.6. The molecule has 0 aromatic heterocycles. The third kappa shape index (κ3) is 6.12. The zero-order chi connectivity index (χ0) is 18.8. The van der Waals surface area contributed by atoms with Gasteiger partial charge in [0.1, 0.15) is 6.61 Å². The molecule has 2 aromatic rings. The quantitative estimate of drug-likeness (QED) is 0.313. The van der Waals surface area contributed by atoms with E-state index in [1.165, 1.54) is 26.4 Å². The summed E-state index contributed by atoms with van der Waals surface area (Å²) in [7, 11) is 2.80. The highest BCUT2D eigenvalue weighted by Crippen LogP contribution is 2.09. The molecule has 134 valence electrons. The standard InChI is InChI=1S/C21H20O5/c1-24-21(23)19-11-7-17(8-12-19)10-14-20(22)13-9-16-3-5-18(6-4-16)15-26-25-2/h3-14H,15H2,1-2H3/b13-9+,14-10+. The molecular weight excluding hydrogens is 332 g/mol. The SMILES string of the molecule is COOCc1ccc(/C=C/C(=O)/C=C/c2ccc(C(=O)OC)cc2)cc1. The molecule has 0 saturated heterocycles. The summed E-state index contributed by atoms with van der Waals surface area (Å²) in [4.78, 5) is 32.7. The predicted octanol–water partition coefficient (Wildman–Crippen LogP) is 3.85. The third-order valence-electron chi connectivity index (χ3n) is 3.54. The summed E-state index contributed by atoms with van der Waals surface area (Å²) in [5, 5.41) is 0. The minimum Gasteiger partial charge on any atom is -0.465 e. The number of carbonyl (C=O) groups excluding carboxylic acids is 2. The van der Waals surface area contributed by atoms with E-state index < -0.39 is 0 Å². The second-order valence-electron chi connectivity index (χ2n) is 5.35. The maximum Gasteiger partial charge on any atom is 0.337 e. The molecule has 0 aliphatic rings. The van der Waals surface area contributed by atoms with Crippen LogP contribution in [0, 0.1) is 0 Å². The van der Waals surface area contributed by atoms with Crippen LogP contribution in [0.25, 0.3) is 12.2 Å². The number of benzene rings is 2. The Kier molecular flexibility index (Phi) is 7.49. The number of carbonyl (C=O) groups is 2. The average molecular weight is 352 g/mol. The van der Waals surface area contributed by atoms with Crippen LogP contribution in [-0.4, -0.2) is 26.0 Å². The van der Waals surface area contributed by atoms with Crippen molar-refractivity contribution >= 4 is 23.9 Å².